The first-order valence-electron chi connectivity index (χ1n) is 13.5. The number of likely N-dealkylation sites (tertiary alicyclic amines) is 1. The molecule has 0 bridgehead atoms. The van der Waals surface area contributed by atoms with Gasteiger partial charge < -0.3 is 15.0 Å². The number of hydrogen-bond acceptors (Lipinski definition) is 6. The Kier molecular flexibility index (Phi) is 6.62. The summed E-state index contributed by atoms with van der Waals surface area (Å²) in [5, 5.41) is 8.95. The Hall–Kier alpha value is -3.72. The monoisotopic (exact) mass is 543 g/mol. The van der Waals surface area contributed by atoms with Gasteiger partial charge in [-0.05, 0) is 62.1 Å². The normalized spacial score (nSPS) is 22.3. The predicted molar refractivity (Wildman–Crippen MR) is 152 cm³/mol. The summed E-state index contributed by atoms with van der Waals surface area (Å²) in [6.07, 6.45) is 1.57. The molecule has 4 atom stereocenters. The lowest BCUT2D eigenvalue weighted by molar-refractivity contribution is 0.0702. The van der Waals surface area contributed by atoms with Crippen LogP contribution in [0.4, 0.5) is 4.79 Å². The number of rotatable bonds is 5. The number of amides is 2. The largest absolute Gasteiger partial charge is 0.414 e. The fraction of sp³-hybridized carbons (Fsp3) is 0.400. The van der Waals surface area contributed by atoms with Crippen molar-refractivity contribution in [2.24, 2.45) is 24.8 Å². The van der Waals surface area contributed by atoms with Gasteiger partial charge in [0, 0.05) is 20.1 Å². The van der Waals surface area contributed by atoms with E-state index in [2.05, 4.69) is 36.4 Å². The number of nitrogens with one attached hydrogen (secondary N) is 1. The van der Waals surface area contributed by atoms with Gasteiger partial charge >= 0.3 is 6.09 Å². The highest BCUT2D eigenvalue weighted by molar-refractivity contribution is 7.15. The van der Waals surface area contributed by atoms with Gasteiger partial charge in [0.2, 0.25) is 0 Å². The maximum Gasteiger partial charge on any atom is 0.414 e. The lowest BCUT2D eigenvalue weighted by Gasteiger charge is -2.28. The SMILES string of the molecule is Cc1cccc(-c2sc(C)nc2C(=O)N2C[C@@H]3CC(C)C[C@@H]3[C@H]2CNC(=O)Oc2nn(C)c3ccccc23)c1. The summed E-state index contributed by atoms with van der Waals surface area (Å²) in [6, 6.07) is 15.7. The Labute approximate surface area is 232 Å². The number of aromatic nitrogens is 3. The molecule has 2 amide bonds. The summed E-state index contributed by atoms with van der Waals surface area (Å²) in [4.78, 5) is 34.5. The first-order valence-corrected chi connectivity index (χ1v) is 14.3. The van der Waals surface area contributed by atoms with Gasteiger partial charge in [0.1, 0.15) is 5.69 Å². The summed E-state index contributed by atoms with van der Waals surface area (Å²) in [5.41, 5.74) is 3.54. The third-order valence-corrected chi connectivity index (χ3v) is 9.18. The van der Waals surface area contributed by atoms with E-state index < -0.39 is 6.09 Å². The number of fused-ring (bicyclic) bond motifs is 2. The Bertz CT molecular complexity index is 1560. The number of para-hydroxylation sites is 1. The third kappa shape index (κ3) is 4.80. The second-order valence-corrected chi connectivity index (χ2v) is 12.2. The lowest BCUT2D eigenvalue weighted by atomic mass is 9.93. The van der Waals surface area contributed by atoms with Crippen LogP contribution in [-0.4, -0.2) is 50.8 Å². The number of hydrogen-bond donors (Lipinski definition) is 1. The fourth-order valence-electron chi connectivity index (χ4n) is 6.50. The van der Waals surface area contributed by atoms with Crippen molar-refractivity contribution < 1.29 is 14.3 Å². The van der Waals surface area contributed by atoms with Gasteiger partial charge in [-0.3, -0.25) is 9.48 Å². The zero-order chi connectivity index (χ0) is 27.3. The van der Waals surface area contributed by atoms with E-state index in [1.54, 1.807) is 16.0 Å². The van der Waals surface area contributed by atoms with Crippen molar-refractivity contribution in [2.45, 2.75) is 39.7 Å². The molecule has 6 rings (SSSR count). The molecule has 1 saturated heterocycles. The smallest absolute Gasteiger partial charge is 0.389 e. The van der Waals surface area contributed by atoms with E-state index in [1.807, 2.05) is 55.3 Å². The number of benzene rings is 2. The van der Waals surface area contributed by atoms with Crippen LogP contribution in [0.1, 0.15) is 40.8 Å². The fourth-order valence-corrected chi connectivity index (χ4v) is 7.40. The van der Waals surface area contributed by atoms with E-state index in [1.165, 1.54) is 0 Å². The number of ether oxygens (including phenoxy) is 1. The van der Waals surface area contributed by atoms with Gasteiger partial charge in [-0.15, -0.1) is 16.4 Å². The Morgan fingerprint density at radius 2 is 1.95 bits per heavy atom. The molecule has 2 aromatic carbocycles. The second-order valence-electron chi connectivity index (χ2n) is 11.0. The maximum absolute atomic E-state index is 14.1. The van der Waals surface area contributed by atoms with Crippen molar-refractivity contribution in [3.63, 3.8) is 0 Å². The van der Waals surface area contributed by atoms with Crippen LogP contribution in [0.3, 0.4) is 0 Å². The first kappa shape index (κ1) is 25.6. The summed E-state index contributed by atoms with van der Waals surface area (Å²) >= 11 is 1.55. The zero-order valence-corrected chi connectivity index (χ0v) is 23.5. The minimum atomic E-state index is -0.564. The van der Waals surface area contributed by atoms with Crippen LogP contribution in [0.15, 0.2) is 48.5 Å². The predicted octanol–water partition coefficient (Wildman–Crippen LogP) is 5.59. The first-order chi connectivity index (χ1) is 18.8. The number of thiazole rings is 1. The van der Waals surface area contributed by atoms with Gasteiger partial charge in [0.25, 0.3) is 11.8 Å². The molecule has 9 heteroatoms. The topological polar surface area (TPSA) is 89.3 Å². The number of aryl methyl sites for hydroxylation is 3. The minimum absolute atomic E-state index is 0.0613. The average Bonchev–Trinajstić information content (AvgIpc) is 3.64. The molecule has 2 aliphatic rings. The van der Waals surface area contributed by atoms with E-state index in [4.69, 9.17) is 9.72 Å². The number of nitrogens with zero attached hydrogens (tertiary/aromatic N) is 4. The van der Waals surface area contributed by atoms with E-state index in [0.717, 1.165) is 44.8 Å². The highest BCUT2D eigenvalue weighted by Crippen LogP contribution is 2.46. The molecule has 1 unspecified atom stereocenters. The standard InChI is InChI=1S/C30H33N5O3S/c1-17-8-7-9-20(12-17)27-26(32-19(3)39-27)29(36)35-16-21-13-18(2)14-23(21)25(35)15-31-30(37)38-28-22-10-5-6-11-24(22)34(4)33-28/h5-12,18,21,23,25H,13-16H2,1-4H3,(H,31,37)/t18?,21-,23-,25+/m0/s1. The van der Waals surface area contributed by atoms with Crippen LogP contribution in [0.5, 0.6) is 5.88 Å². The molecule has 1 aliphatic carbocycles. The number of carbonyl (C=O) groups is 2. The van der Waals surface area contributed by atoms with Crippen LogP contribution in [0.25, 0.3) is 21.3 Å². The van der Waals surface area contributed by atoms with Crippen LogP contribution in [0.2, 0.25) is 0 Å². The van der Waals surface area contributed by atoms with Crippen molar-refractivity contribution in [3.05, 3.63) is 64.8 Å². The molecule has 1 aliphatic heterocycles. The van der Waals surface area contributed by atoms with E-state index >= 15 is 0 Å². The summed E-state index contributed by atoms with van der Waals surface area (Å²) in [7, 11) is 1.82. The molecule has 0 radical (unpaired) electrons. The summed E-state index contributed by atoms with van der Waals surface area (Å²) in [6.45, 7) is 7.28. The van der Waals surface area contributed by atoms with Gasteiger partial charge in [-0.25, -0.2) is 9.78 Å². The lowest BCUT2D eigenvalue weighted by Crippen LogP contribution is -2.46. The van der Waals surface area contributed by atoms with Gasteiger partial charge in [0.05, 0.1) is 26.8 Å². The molecule has 8 nitrogen and oxygen atoms in total. The average molecular weight is 544 g/mol. The Balaban J connectivity index is 1.23. The highest BCUT2D eigenvalue weighted by Gasteiger charge is 2.48. The molecule has 1 saturated carbocycles. The molecular weight excluding hydrogens is 510 g/mol. The molecule has 0 spiro atoms. The zero-order valence-electron chi connectivity index (χ0n) is 22.7. The number of carbonyl (C=O) groups excluding carboxylic acids is 2. The van der Waals surface area contributed by atoms with Crippen LogP contribution in [-0.2, 0) is 7.05 Å². The van der Waals surface area contributed by atoms with Crippen molar-refractivity contribution in [1.82, 2.24) is 25.0 Å². The van der Waals surface area contributed by atoms with Crippen LogP contribution in [0, 0.1) is 31.6 Å². The molecule has 202 valence electrons. The van der Waals surface area contributed by atoms with E-state index in [0.29, 0.717) is 36.5 Å². The Morgan fingerprint density at radius 1 is 1.13 bits per heavy atom. The summed E-state index contributed by atoms with van der Waals surface area (Å²) < 4.78 is 7.31. The van der Waals surface area contributed by atoms with Gasteiger partial charge in [-0.2, -0.15) is 0 Å². The molecule has 1 N–H and O–H groups in total. The van der Waals surface area contributed by atoms with Crippen molar-refractivity contribution in [2.75, 3.05) is 13.1 Å². The Morgan fingerprint density at radius 3 is 2.77 bits per heavy atom. The van der Waals surface area contributed by atoms with Gasteiger partial charge in [-0.1, -0.05) is 48.9 Å². The third-order valence-electron chi connectivity index (χ3n) is 8.16. The van der Waals surface area contributed by atoms with Crippen LogP contribution < -0.4 is 10.1 Å². The molecule has 2 fully saturated rings. The van der Waals surface area contributed by atoms with E-state index in [-0.39, 0.29) is 17.8 Å². The minimum Gasteiger partial charge on any atom is -0.389 e. The molecule has 2 aromatic heterocycles. The molecular formula is C30H33N5O3S. The summed E-state index contributed by atoms with van der Waals surface area (Å²) in [5.74, 6) is 1.58. The molecule has 39 heavy (non-hydrogen) atoms. The quantitative estimate of drug-likeness (QED) is 0.355. The van der Waals surface area contributed by atoms with Crippen molar-refractivity contribution >= 4 is 34.2 Å². The van der Waals surface area contributed by atoms with Crippen molar-refractivity contribution in [1.29, 1.82) is 0 Å². The second kappa shape index (κ2) is 10.1. The molecule has 4 aromatic rings. The maximum atomic E-state index is 14.1. The molecule has 3 heterocycles. The van der Waals surface area contributed by atoms with Crippen LogP contribution >= 0.6 is 11.3 Å². The van der Waals surface area contributed by atoms with Gasteiger partial charge in [0.15, 0.2) is 0 Å². The van der Waals surface area contributed by atoms with E-state index in [9.17, 15) is 9.59 Å². The highest BCUT2D eigenvalue weighted by atomic mass is 32.1. The van der Waals surface area contributed by atoms with Crippen molar-refractivity contribution in [3.8, 4) is 16.3 Å².